The highest BCUT2D eigenvalue weighted by Gasteiger charge is 2.42. The van der Waals surface area contributed by atoms with Crippen LogP contribution in [0.3, 0.4) is 0 Å². The number of phenols is 1. The second-order valence-electron chi connectivity index (χ2n) is 7.85. The van der Waals surface area contributed by atoms with Crippen molar-refractivity contribution in [1.29, 1.82) is 0 Å². The minimum atomic E-state index is 0.145. The molecule has 3 heterocycles. The summed E-state index contributed by atoms with van der Waals surface area (Å²) in [6.45, 7) is 5.28. The van der Waals surface area contributed by atoms with Gasteiger partial charge in [0.05, 0.1) is 0 Å². The molecule has 130 valence electrons. The monoisotopic (exact) mass is 336 g/mol. The molecular formula is C20H24N4O. The Morgan fingerprint density at radius 3 is 2.92 bits per heavy atom. The number of aromatic nitrogens is 2. The number of nitrogens with zero attached hydrogens (tertiary/aromatic N) is 3. The van der Waals surface area contributed by atoms with E-state index >= 15 is 0 Å². The maximum absolute atomic E-state index is 9.92. The first-order valence-electron chi connectivity index (χ1n) is 9.32. The molecule has 2 N–H and O–H groups in total. The lowest BCUT2D eigenvalue weighted by Gasteiger charge is -2.40. The Balaban J connectivity index is 1.42. The first-order chi connectivity index (χ1) is 12.2. The first kappa shape index (κ1) is 15.0. The predicted octanol–water partition coefficient (Wildman–Crippen LogP) is 3.20. The Labute approximate surface area is 148 Å². The van der Waals surface area contributed by atoms with Gasteiger partial charge in [-0.25, -0.2) is 9.97 Å². The highest BCUT2D eigenvalue weighted by Crippen LogP contribution is 2.46. The number of aryl methyl sites for hydroxylation is 1. The van der Waals surface area contributed by atoms with Crippen molar-refractivity contribution in [2.75, 3.05) is 29.9 Å². The quantitative estimate of drug-likeness (QED) is 0.783. The van der Waals surface area contributed by atoms with Crippen molar-refractivity contribution in [3.8, 4) is 5.75 Å². The van der Waals surface area contributed by atoms with Gasteiger partial charge in [-0.2, -0.15) is 0 Å². The Hall–Kier alpha value is -2.30. The van der Waals surface area contributed by atoms with Gasteiger partial charge in [0.2, 0.25) is 0 Å². The van der Waals surface area contributed by atoms with Crippen LogP contribution in [0.15, 0.2) is 24.5 Å². The number of nitrogens with one attached hydrogen (secondary N) is 1. The SMILES string of the molecule is C[C@@H]1CCc2ncnc(N3CCC4(CC3)CNc3ccc(O)cc34)c21. The van der Waals surface area contributed by atoms with Crippen molar-refractivity contribution >= 4 is 11.5 Å². The van der Waals surface area contributed by atoms with Gasteiger partial charge in [0.25, 0.3) is 0 Å². The second kappa shape index (κ2) is 5.35. The van der Waals surface area contributed by atoms with E-state index in [0.717, 1.165) is 44.7 Å². The van der Waals surface area contributed by atoms with Crippen LogP contribution >= 0.6 is 0 Å². The number of phenolic OH excluding ortho intramolecular Hbond substituents is 1. The van der Waals surface area contributed by atoms with Gasteiger partial charge in [-0.3, -0.25) is 0 Å². The summed E-state index contributed by atoms with van der Waals surface area (Å²) in [4.78, 5) is 11.6. The van der Waals surface area contributed by atoms with Crippen LogP contribution in [-0.4, -0.2) is 34.7 Å². The molecule has 2 aliphatic heterocycles. The summed E-state index contributed by atoms with van der Waals surface area (Å²) in [6, 6.07) is 5.73. The summed E-state index contributed by atoms with van der Waals surface area (Å²) in [5.41, 5.74) is 5.24. The van der Waals surface area contributed by atoms with Crippen molar-refractivity contribution in [3.63, 3.8) is 0 Å². The van der Waals surface area contributed by atoms with Crippen LogP contribution in [0.4, 0.5) is 11.5 Å². The molecule has 5 nitrogen and oxygen atoms in total. The minimum Gasteiger partial charge on any atom is -0.508 e. The van der Waals surface area contributed by atoms with E-state index in [1.807, 2.05) is 12.1 Å². The third kappa shape index (κ3) is 2.21. The molecule has 1 aromatic carbocycles. The van der Waals surface area contributed by atoms with E-state index in [-0.39, 0.29) is 5.41 Å². The lowest BCUT2D eigenvalue weighted by atomic mass is 9.74. The van der Waals surface area contributed by atoms with Gasteiger partial charge in [0.15, 0.2) is 0 Å². The normalized spacial score (nSPS) is 23.4. The Bertz CT molecular complexity index is 826. The molecule has 0 bridgehead atoms. The molecule has 1 atom stereocenters. The number of hydrogen-bond acceptors (Lipinski definition) is 5. The van der Waals surface area contributed by atoms with Crippen molar-refractivity contribution < 1.29 is 5.11 Å². The average molecular weight is 336 g/mol. The summed E-state index contributed by atoms with van der Waals surface area (Å²) < 4.78 is 0. The number of rotatable bonds is 1. The Morgan fingerprint density at radius 2 is 2.08 bits per heavy atom. The molecule has 0 amide bonds. The van der Waals surface area contributed by atoms with E-state index in [2.05, 4.69) is 27.1 Å². The van der Waals surface area contributed by atoms with Gasteiger partial charge in [-0.05, 0) is 55.4 Å². The molecule has 1 fully saturated rings. The number of piperidine rings is 1. The van der Waals surface area contributed by atoms with Crippen molar-refractivity contribution in [1.82, 2.24) is 9.97 Å². The van der Waals surface area contributed by atoms with Gasteiger partial charge in [0.1, 0.15) is 17.9 Å². The number of benzene rings is 1. The van der Waals surface area contributed by atoms with Gasteiger partial charge in [-0.1, -0.05) is 6.92 Å². The smallest absolute Gasteiger partial charge is 0.135 e. The van der Waals surface area contributed by atoms with E-state index in [0.29, 0.717) is 11.7 Å². The molecule has 1 aliphatic carbocycles. The fourth-order valence-electron chi connectivity index (χ4n) is 4.95. The molecule has 5 heteroatoms. The maximum atomic E-state index is 9.92. The highest BCUT2D eigenvalue weighted by molar-refractivity contribution is 5.63. The zero-order valence-corrected chi connectivity index (χ0v) is 14.6. The van der Waals surface area contributed by atoms with E-state index < -0.39 is 0 Å². The van der Waals surface area contributed by atoms with Crippen LogP contribution in [0.2, 0.25) is 0 Å². The van der Waals surface area contributed by atoms with Crippen LogP contribution in [0.1, 0.15) is 48.9 Å². The molecular weight excluding hydrogens is 312 g/mol. The highest BCUT2D eigenvalue weighted by atomic mass is 16.3. The maximum Gasteiger partial charge on any atom is 0.135 e. The molecule has 0 saturated carbocycles. The zero-order chi connectivity index (χ0) is 17.0. The van der Waals surface area contributed by atoms with Gasteiger partial charge in [-0.15, -0.1) is 0 Å². The van der Waals surface area contributed by atoms with Gasteiger partial charge in [0, 0.05) is 42.0 Å². The number of hydrogen-bond donors (Lipinski definition) is 2. The topological polar surface area (TPSA) is 61.3 Å². The second-order valence-corrected chi connectivity index (χ2v) is 7.85. The van der Waals surface area contributed by atoms with Gasteiger partial charge < -0.3 is 15.3 Å². The van der Waals surface area contributed by atoms with Crippen LogP contribution < -0.4 is 10.2 Å². The molecule has 0 radical (unpaired) electrons. The van der Waals surface area contributed by atoms with E-state index in [9.17, 15) is 5.11 Å². The largest absolute Gasteiger partial charge is 0.508 e. The predicted molar refractivity (Wildman–Crippen MR) is 98.5 cm³/mol. The summed E-state index contributed by atoms with van der Waals surface area (Å²) in [5.74, 6) is 2.09. The molecule has 3 aliphatic rings. The van der Waals surface area contributed by atoms with Crippen molar-refractivity contribution in [2.24, 2.45) is 0 Å². The van der Waals surface area contributed by atoms with E-state index in [1.165, 1.54) is 28.9 Å². The fraction of sp³-hybridized carbons (Fsp3) is 0.500. The number of fused-ring (bicyclic) bond motifs is 3. The van der Waals surface area contributed by atoms with Crippen molar-refractivity contribution in [3.05, 3.63) is 41.3 Å². The van der Waals surface area contributed by atoms with Crippen LogP contribution in [0, 0.1) is 0 Å². The van der Waals surface area contributed by atoms with Gasteiger partial charge >= 0.3 is 0 Å². The number of aromatic hydroxyl groups is 1. The fourth-order valence-corrected chi connectivity index (χ4v) is 4.95. The van der Waals surface area contributed by atoms with Crippen LogP contribution in [-0.2, 0) is 11.8 Å². The first-order valence-corrected chi connectivity index (χ1v) is 9.32. The summed E-state index contributed by atoms with van der Waals surface area (Å²) in [5, 5.41) is 13.5. The lowest BCUT2D eigenvalue weighted by molar-refractivity contribution is 0.358. The zero-order valence-electron chi connectivity index (χ0n) is 14.6. The van der Waals surface area contributed by atoms with Crippen molar-refractivity contribution in [2.45, 2.75) is 43.9 Å². The summed E-state index contributed by atoms with van der Waals surface area (Å²) >= 11 is 0. The minimum absolute atomic E-state index is 0.145. The Morgan fingerprint density at radius 1 is 1.24 bits per heavy atom. The molecule has 25 heavy (non-hydrogen) atoms. The Kier molecular flexibility index (Phi) is 3.21. The molecule has 1 saturated heterocycles. The molecule has 2 aromatic rings. The third-order valence-electron chi connectivity index (χ3n) is 6.46. The molecule has 0 unspecified atom stereocenters. The molecule has 1 aromatic heterocycles. The lowest BCUT2D eigenvalue weighted by Crippen LogP contribution is -2.44. The molecule has 1 spiro atoms. The van der Waals surface area contributed by atoms with E-state index in [1.54, 1.807) is 12.4 Å². The average Bonchev–Trinajstić information content (AvgIpc) is 3.18. The standard InChI is InChI=1S/C20H24N4O/c1-13-2-4-17-18(13)19(23-12-22-17)24-8-6-20(7-9-24)11-21-16-5-3-14(25)10-15(16)20/h3,5,10,12-13,21,25H,2,4,6-9,11H2,1H3/t13-/m1/s1. The van der Waals surface area contributed by atoms with E-state index in [4.69, 9.17) is 0 Å². The molecule has 5 rings (SSSR count). The third-order valence-corrected chi connectivity index (χ3v) is 6.46. The van der Waals surface area contributed by atoms with Crippen LogP contribution in [0.5, 0.6) is 5.75 Å². The van der Waals surface area contributed by atoms with Crippen LogP contribution in [0.25, 0.3) is 0 Å². The summed E-state index contributed by atoms with van der Waals surface area (Å²) in [6.07, 6.45) is 6.18. The number of anilines is 2. The summed E-state index contributed by atoms with van der Waals surface area (Å²) in [7, 11) is 0.